The molecule has 5 rings (SSSR count). The van der Waals surface area contributed by atoms with Gasteiger partial charge in [-0.2, -0.15) is 0 Å². The van der Waals surface area contributed by atoms with Crippen molar-refractivity contribution >= 4 is 22.4 Å². The number of fused-ring (bicyclic) bond motifs is 2. The number of hydrogen-bond acceptors (Lipinski definition) is 2. The predicted octanol–water partition coefficient (Wildman–Crippen LogP) is 5.26. The van der Waals surface area contributed by atoms with Gasteiger partial charge in [-0.3, -0.25) is 9.69 Å². The molecule has 0 spiro atoms. The smallest absolute Gasteiger partial charge is 0.230 e. The summed E-state index contributed by atoms with van der Waals surface area (Å²) in [5, 5.41) is 1.32. The molecule has 1 amide bonds. The second kappa shape index (κ2) is 8.25. The summed E-state index contributed by atoms with van der Waals surface area (Å²) in [7, 11) is 0. The van der Waals surface area contributed by atoms with Gasteiger partial charge in [-0.1, -0.05) is 55.5 Å². The van der Waals surface area contributed by atoms with E-state index in [0.717, 1.165) is 39.0 Å². The highest BCUT2D eigenvalue weighted by molar-refractivity contribution is 6.00. The van der Waals surface area contributed by atoms with E-state index in [1.165, 1.54) is 33.2 Å². The van der Waals surface area contributed by atoms with Crippen LogP contribution in [-0.4, -0.2) is 45.9 Å². The lowest BCUT2D eigenvalue weighted by molar-refractivity contribution is -0.135. The first-order valence-corrected chi connectivity index (χ1v) is 11.9. The summed E-state index contributed by atoms with van der Waals surface area (Å²) in [4.78, 5) is 21.6. The third kappa shape index (κ3) is 3.38. The molecule has 2 aromatic carbocycles. The van der Waals surface area contributed by atoms with Crippen LogP contribution in [0, 0.1) is 5.92 Å². The number of benzene rings is 2. The zero-order valence-corrected chi connectivity index (χ0v) is 19.4. The molecule has 0 fully saturated rings. The zero-order chi connectivity index (χ0) is 22.3. The van der Waals surface area contributed by atoms with E-state index < -0.39 is 0 Å². The van der Waals surface area contributed by atoms with E-state index in [0.29, 0.717) is 0 Å². The van der Waals surface area contributed by atoms with Crippen LogP contribution in [0.1, 0.15) is 43.9 Å². The lowest BCUT2D eigenvalue weighted by atomic mass is 9.70. The van der Waals surface area contributed by atoms with Crippen molar-refractivity contribution in [3.05, 3.63) is 77.5 Å². The molecule has 4 nitrogen and oxygen atoms in total. The highest BCUT2D eigenvalue weighted by atomic mass is 16.2. The van der Waals surface area contributed by atoms with Crippen LogP contribution in [0.2, 0.25) is 0 Å². The lowest BCUT2D eigenvalue weighted by Crippen LogP contribution is -2.56. The number of amides is 1. The minimum absolute atomic E-state index is 0.121. The Morgan fingerprint density at radius 2 is 1.97 bits per heavy atom. The molecular formula is C28H33N3O. The summed E-state index contributed by atoms with van der Waals surface area (Å²) >= 11 is 0. The van der Waals surface area contributed by atoms with Crippen molar-refractivity contribution in [1.29, 1.82) is 0 Å². The van der Waals surface area contributed by atoms with Gasteiger partial charge >= 0.3 is 0 Å². The number of nitrogens with one attached hydrogen (secondary N) is 1. The Labute approximate surface area is 190 Å². The molecule has 166 valence electrons. The van der Waals surface area contributed by atoms with Crippen LogP contribution < -0.4 is 0 Å². The molecule has 1 N–H and O–H groups in total. The van der Waals surface area contributed by atoms with Crippen LogP contribution in [0.3, 0.4) is 0 Å². The number of aromatic amines is 1. The summed E-state index contributed by atoms with van der Waals surface area (Å²) in [5.41, 5.74) is 6.30. The summed E-state index contributed by atoms with van der Waals surface area (Å²) in [6.45, 7) is 9.77. The molecule has 4 heteroatoms. The SMILES string of the molecule is CCCN(CC)C(=O)[C@@H]1C=C2c3cccc4[nH]cc(c34)CC2(C)N(Cc2ccccc2)C1. The fraction of sp³-hybridized carbons (Fsp3) is 0.393. The number of carbonyl (C=O) groups excluding carboxylic acids is 1. The van der Waals surface area contributed by atoms with Crippen molar-refractivity contribution in [2.45, 2.75) is 45.7 Å². The van der Waals surface area contributed by atoms with Gasteiger partial charge in [-0.05, 0) is 55.0 Å². The Hall–Kier alpha value is -2.85. The van der Waals surface area contributed by atoms with E-state index in [1.807, 2.05) is 4.90 Å². The van der Waals surface area contributed by atoms with E-state index in [-0.39, 0.29) is 17.4 Å². The van der Waals surface area contributed by atoms with Crippen molar-refractivity contribution in [1.82, 2.24) is 14.8 Å². The quantitative estimate of drug-likeness (QED) is 0.583. The molecule has 1 aliphatic heterocycles. The molecule has 0 saturated carbocycles. The number of H-pyrrole nitrogens is 1. The molecular weight excluding hydrogens is 394 g/mol. The van der Waals surface area contributed by atoms with Gasteiger partial charge in [0.15, 0.2) is 0 Å². The third-order valence-electron chi connectivity index (χ3n) is 7.40. The summed E-state index contributed by atoms with van der Waals surface area (Å²) in [5.74, 6) is 0.137. The monoisotopic (exact) mass is 427 g/mol. The van der Waals surface area contributed by atoms with Crippen LogP contribution in [0.15, 0.2) is 60.8 Å². The number of nitrogens with zero attached hydrogens (tertiary/aromatic N) is 2. The molecule has 1 aromatic heterocycles. The second-order valence-electron chi connectivity index (χ2n) is 9.46. The van der Waals surface area contributed by atoms with E-state index in [4.69, 9.17) is 0 Å². The Bertz CT molecular complexity index is 1160. The Kier molecular flexibility index (Phi) is 5.42. The van der Waals surface area contributed by atoms with Crippen LogP contribution in [-0.2, 0) is 17.8 Å². The molecule has 3 aromatic rings. The van der Waals surface area contributed by atoms with Crippen molar-refractivity contribution in [2.24, 2.45) is 5.92 Å². The van der Waals surface area contributed by atoms with E-state index >= 15 is 0 Å². The normalized spacial score (nSPS) is 22.5. The van der Waals surface area contributed by atoms with Gasteiger partial charge in [0.1, 0.15) is 0 Å². The molecule has 0 saturated heterocycles. The van der Waals surface area contributed by atoms with Gasteiger partial charge in [0.05, 0.1) is 5.92 Å². The number of rotatable bonds is 6. The van der Waals surface area contributed by atoms with Gasteiger partial charge in [-0.25, -0.2) is 0 Å². The maximum absolute atomic E-state index is 13.6. The Morgan fingerprint density at radius 3 is 2.72 bits per heavy atom. The fourth-order valence-corrected chi connectivity index (χ4v) is 5.74. The number of aromatic nitrogens is 1. The topological polar surface area (TPSA) is 39.3 Å². The minimum atomic E-state index is -0.141. The van der Waals surface area contributed by atoms with Gasteiger partial charge in [-0.15, -0.1) is 0 Å². The number of hydrogen-bond donors (Lipinski definition) is 1. The van der Waals surface area contributed by atoms with E-state index in [2.05, 4.69) is 91.5 Å². The average Bonchev–Trinajstić information content (AvgIpc) is 3.22. The Balaban J connectivity index is 1.62. The predicted molar refractivity (Wildman–Crippen MR) is 131 cm³/mol. The molecule has 1 unspecified atom stereocenters. The largest absolute Gasteiger partial charge is 0.361 e. The van der Waals surface area contributed by atoms with E-state index in [9.17, 15) is 4.79 Å². The van der Waals surface area contributed by atoms with Crippen LogP contribution in [0.4, 0.5) is 0 Å². The second-order valence-corrected chi connectivity index (χ2v) is 9.46. The van der Waals surface area contributed by atoms with Gasteiger partial charge < -0.3 is 9.88 Å². The first-order valence-electron chi connectivity index (χ1n) is 11.9. The van der Waals surface area contributed by atoms with Crippen LogP contribution >= 0.6 is 0 Å². The molecule has 2 atom stereocenters. The molecule has 2 heterocycles. The van der Waals surface area contributed by atoms with Crippen molar-refractivity contribution in [3.63, 3.8) is 0 Å². The zero-order valence-electron chi connectivity index (χ0n) is 19.4. The van der Waals surface area contributed by atoms with Crippen LogP contribution in [0.25, 0.3) is 16.5 Å². The van der Waals surface area contributed by atoms with Crippen molar-refractivity contribution in [2.75, 3.05) is 19.6 Å². The van der Waals surface area contributed by atoms with E-state index in [1.54, 1.807) is 0 Å². The average molecular weight is 428 g/mol. The Morgan fingerprint density at radius 1 is 1.16 bits per heavy atom. The molecule has 1 aliphatic carbocycles. The first-order chi connectivity index (χ1) is 15.5. The summed E-state index contributed by atoms with van der Waals surface area (Å²) < 4.78 is 0. The van der Waals surface area contributed by atoms with Crippen LogP contribution in [0.5, 0.6) is 0 Å². The van der Waals surface area contributed by atoms with Gasteiger partial charge in [0.2, 0.25) is 5.91 Å². The molecule has 0 bridgehead atoms. The van der Waals surface area contributed by atoms with Crippen molar-refractivity contribution in [3.8, 4) is 0 Å². The summed E-state index contributed by atoms with van der Waals surface area (Å²) in [6.07, 6.45) is 6.41. The van der Waals surface area contributed by atoms with Gasteiger partial charge in [0, 0.05) is 48.8 Å². The maximum Gasteiger partial charge on any atom is 0.230 e. The maximum atomic E-state index is 13.6. The first kappa shape index (κ1) is 21.0. The highest BCUT2D eigenvalue weighted by Crippen LogP contribution is 2.48. The van der Waals surface area contributed by atoms with Gasteiger partial charge in [0.25, 0.3) is 0 Å². The fourth-order valence-electron chi connectivity index (χ4n) is 5.74. The molecule has 32 heavy (non-hydrogen) atoms. The van der Waals surface area contributed by atoms with Crippen molar-refractivity contribution < 1.29 is 4.79 Å². The standard InChI is InChI=1S/C28H33N3O/c1-4-14-30(5-2)27(32)21-15-24-23-12-9-13-25-26(23)22(17-29-25)16-28(24,3)31(19-21)18-20-10-7-6-8-11-20/h6-13,15,17,21,29H,4-5,14,16,18-19H2,1-3H3/t21-,28?/m1/s1. The minimum Gasteiger partial charge on any atom is -0.361 e. The highest BCUT2D eigenvalue weighted by Gasteiger charge is 2.46. The summed E-state index contributed by atoms with van der Waals surface area (Å²) in [6, 6.07) is 17.2. The lowest BCUT2D eigenvalue weighted by Gasteiger charge is -2.50. The molecule has 2 aliphatic rings. The molecule has 0 radical (unpaired) electrons. The third-order valence-corrected chi connectivity index (χ3v) is 7.40. The number of carbonyl (C=O) groups is 1.